The van der Waals surface area contributed by atoms with Gasteiger partial charge in [-0.1, -0.05) is 11.6 Å². The molecule has 0 aliphatic heterocycles. The topological polar surface area (TPSA) is 53.2 Å². The molecule has 1 aromatic rings. The van der Waals surface area contributed by atoms with Crippen LogP contribution in [0.3, 0.4) is 0 Å². The fraction of sp³-hybridized carbons (Fsp3) is 0.429. The molecular weight excluding hydrogens is 196 g/mol. The second-order valence-corrected chi connectivity index (χ2v) is 2.89. The van der Waals surface area contributed by atoms with E-state index in [4.69, 9.17) is 16.3 Å². The van der Waals surface area contributed by atoms with Gasteiger partial charge in [-0.15, -0.1) is 0 Å². The summed E-state index contributed by atoms with van der Waals surface area (Å²) in [6.07, 6.45) is 0. The molecule has 0 aromatic carbocycles. The molecular formula is C7H9ClN2O3. The van der Waals surface area contributed by atoms with Crippen LogP contribution < -0.4 is 16.0 Å². The van der Waals surface area contributed by atoms with Crippen molar-refractivity contribution in [3.63, 3.8) is 0 Å². The van der Waals surface area contributed by atoms with Crippen LogP contribution >= 0.6 is 11.6 Å². The van der Waals surface area contributed by atoms with Crippen molar-refractivity contribution in [3.05, 3.63) is 26.0 Å². The second kappa shape index (κ2) is 3.26. The zero-order chi connectivity index (χ0) is 10.2. The first-order valence-electron chi connectivity index (χ1n) is 3.50. The van der Waals surface area contributed by atoms with E-state index in [0.29, 0.717) is 0 Å². The summed E-state index contributed by atoms with van der Waals surface area (Å²) in [6, 6.07) is 0. The van der Waals surface area contributed by atoms with Crippen LogP contribution in [0.1, 0.15) is 0 Å². The Morgan fingerprint density at radius 1 is 1.23 bits per heavy atom. The molecule has 0 bridgehead atoms. The first-order valence-corrected chi connectivity index (χ1v) is 3.88. The van der Waals surface area contributed by atoms with Crippen LogP contribution in [-0.2, 0) is 14.1 Å². The highest BCUT2D eigenvalue weighted by molar-refractivity contribution is 6.30. The van der Waals surface area contributed by atoms with Gasteiger partial charge in [0.05, 0.1) is 7.11 Å². The zero-order valence-electron chi connectivity index (χ0n) is 7.50. The Labute approximate surface area is 79.1 Å². The number of halogens is 1. The molecule has 0 amide bonds. The molecule has 13 heavy (non-hydrogen) atoms. The number of methoxy groups -OCH3 is 1. The molecule has 0 radical (unpaired) electrons. The van der Waals surface area contributed by atoms with Gasteiger partial charge in [-0.05, 0) is 0 Å². The van der Waals surface area contributed by atoms with Crippen molar-refractivity contribution in [1.82, 2.24) is 9.13 Å². The summed E-state index contributed by atoms with van der Waals surface area (Å²) in [5.74, 6) is -0.0220. The van der Waals surface area contributed by atoms with Gasteiger partial charge >= 0.3 is 5.69 Å². The first-order chi connectivity index (χ1) is 6.00. The summed E-state index contributed by atoms with van der Waals surface area (Å²) < 4.78 is 6.84. The standard InChI is InChI=1S/C7H9ClN2O3/c1-9-5(8)4(13-3)6(11)10(2)7(9)12/h1-3H3. The highest BCUT2D eigenvalue weighted by Crippen LogP contribution is 2.15. The lowest BCUT2D eigenvalue weighted by molar-refractivity contribution is 0.396. The van der Waals surface area contributed by atoms with E-state index >= 15 is 0 Å². The molecule has 1 rings (SSSR count). The van der Waals surface area contributed by atoms with E-state index < -0.39 is 11.2 Å². The van der Waals surface area contributed by atoms with Crippen LogP contribution in [0.4, 0.5) is 0 Å². The molecule has 0 aliphatic carbocycles. The van der Waals surface area contributed by atoms with E-state index in [1.54, 1.807) is 0 Å². The van der Waals surface area contributed by atoms with Gasteiger partial charge in [0.1, 0.15) is 0 Å². The minimum Gasteiger partial charge on any atom is -0.489 e. The van der Waals surface area contributed by atoms with Crippen LogP contribution in [0.15, 0.2) is 9.59 Å². The first kappa shape index (κ1) is 9.85. The van der Waals surface area contributed by atoms with E-state index in [2.05, 4.69) is 0 Å². The Balaban J connectivity index is 3.78. The van der Waals surface area contributed by atoms with E-state index in [1.807, 2.05) is 0 Å². The van der Waals surface area contributed by atoms with E-state index in [9.17, 15) is 9.59 Å². The van der Waals surface area contributed by atoms with Gasteiger partial charge in [-0.3, -0.25) is 13.9 Å². The summed E-state index contributed by atoms with van der Waals surface area (Å²) in [5.41, 5.74) is -1.01. The van der Waals surface area contributed by atoms with Crippen molar-refractivity contribution < 1.29 is 4.74 Å². The average Bonchev–Trinajstić information content (AvgIpc) is 2.13. The predicted molar refractivity (Wildman–Crippen MR) is 48.5 cm³/mol. The molecule has 0 aliphatic rings. The SMILES string of the molecule is COc1c(Cl)n(C)c(=O)n(C)c1=O. The molecule has 0 unspecified atom stereocenters. The molecule has 6 heteroatoms. The smallest absolute Gasteiger partial charge is 0.331 e. The monoisotopic (exact) mass is 204 g/mol. The molecule has 0 saturated heterocycles. The van der Waals surface area contributed by atoms with Gasteiger partial charge in [0, 0.05) is 14.1 Å². The summed E-state index contributed by atoms with van der Waals surface area (Å²) >= 11 is 5.70. The number of rotatable bonds is 1. The van der Waals surface area contributed by atoms with Gasteiger partial charge in [-0.2, -0.15) is 0 Å². The second-order valence-electron chi connectivity index (χ2n) is 2.53. The molecule has 0 saturated carbocycles. The van der Waals surface area contributed by atoms with Crippen molar-refractivity contribution >= 4 is 11.6 Å². The minimum absolute atomic E-state index is 0.00981. The number of hydrogen-bond donors (Lipinski definition) is 0. The van der Waals surface area contributed by atoms with Gasteiger partial charge in [0.25, 0.3) is 5.56 Å². The highest BCUT2D eigenvalue weighted by Gasteiger charge is 2.13. The summed E-state index contributed by atoms with van der Waals surface area (Å²) in [5, 5.41) is 0.00981. The Morgan fingerprint density at radius 2 is 1.77 bits per heavy atom. The molecule has 1 aromatic heterocycles. The van der Waals surface area contributed by atoms with Gasteiger partial charge in [0.2, 0.25) is 5.75 Å². The number of nitrogens with zero attached hydrogens (tertiary/aromatic N) is 2. The lowest BCUT2D eigenvalue weighted by Gasteiger charge is -2.08. The van der Waals surface area contributed by atoms with Crippen molar-refractivity contribution in [2.75, 3.05) is 7.11 Å². The average molecular weight is 205 g/mol. The van der Waals surface area contributed by atoms with Gasteiger partial charge < -0.3 is 4.74 Å². The normalized spacial score (nSPS) is 10.2. The summed E-state index contributed by atoms with van der Waals surface area (Å²) in [4.78, 5) is 22.6. The Bertz CT molecular complexity index is 446. The molecule has 72 valence electrons. The molecule has 0 fully saturated rings. The number of hydrogen-bond acceptors (Lipinski definition) is 3. The highest BCUT2D eigenvalue weighted by atomic mass is 35.5. The molecule has 0 spiro atoms. The molecule has 0 atom stereocenters. The van der Waals surface area contributed by atoms with Crippen molar-refractivity contribution in [2.45, 2.75) is 0 Å². The van der Waals surface area contributed by atoms with Crippen LogP contribution in [0, 0.1) is 0 Å². The predicted octanol–water partition coefficient (Wildman–Crippen LogP) is -0.254. The minimum atomic E-state index is -0.532. The summed E-state index contributed by atoms with van der Waals surface area (Å²) in [7, 11) is 4.16. The van der Waals surface area contributed by atoms with Gasteiger partial charge in [0.15, 0.2) is 5.15 Å². The molecule has 5 nitrogen and oxygen atoms in total. The van der Waals surface area contributed by atoms with Crippen LogP contribution in [-0.4, -0.2) is 16.2 Å². The van der Waals surface area contributed by atoms with Crippen molar-refractivity contribution in [1.29, 1.82) is 0 Å². The maximum Gasteiger partial charge on any atom is 0.331 e. The van der Waals surface area contributed by atoms with Crippen LogP contribution in [0.2, 0.25) is 5.15 Å². The molecule has 1 heterocycles. The third-order valence-corrected chi connectivity index (χ3v) is 2.18. The van der Waals surface area contributed by atoms with Crippen LogP contribution in [0.5, 0.6) is 5.75 Å². The van der Waals surface area contributed by atoms with Crippen molar-refractivity contribution in [2.24, 2.45) is 14.1 Å². The van der Waals surface area contributed by atoms with E-state index in [0.717, 1.165) is 9.13 Å². The third kappa shape index (κ3) is 1.35. The Hall–Kier alpha value is -1.23. The van der Waals surface area contributed by atoms with Gasteiger partial charge in [-0.25, -0.2) is 4.79 Å². The van der Waals surface area contributed by atoms with Crippen LogP contribution in [0.25, 0.3) is 0 Å². The quantitative estimate of drug-likeness (QED) is 0.593. The maximum atomic E-state index is 11.3. The molecule has 0 N–H and O–H groups in total. The maximum absolute atomic E-state index is 11.3. The number of aromatic nitrogens is 2. The lowest BCUT2D eigenvalue weighted by atomic mass is 10.5. The zero-order valence-corrected chi connectivity index (χ0v) is 8.25. The fourth-order valence-electron chi connectivity index (χ4n) is 0.960. The Morgan fingerprint density at radius 3 is 2.23 bits per heavy atom. The summed E-state index contributed by atoms with van der Waals surface area (Å²) in [6.45, 7) is 0. The lowest BCUT2D eigenvalue weighted by Crippen LogP contribution is -2.37. The van der Waals surface area contributed by atoms with E-state index in [1.165, 1.54) is 21.2 Å². The third-order valence-electron chi connectivity index (χ3n) is 1.76. The Kier molecular flexibility index (Phi) is 2.47. The fourth-order valence-corrected chi connectivity index (χ4v) is 1.19. The van der Waals surface area contributed by atoms with E-state index in [-0.39, 0.29) is 10.9 Å². The van der Waals surface area contributed by atoms with Crippen molar-refractivity contribution in [3.8, 4) is 5.75 Å². The number of ether oxygens (including phenoxy) is 1. The largest absolute Gasteiger partial charge is 0.489 e.